The lowest BCUT2D eigenvalue weighted by atomic mass is 9.77. The summed E-state index contributed by atoms with van der Waals surface area (Å²) in [6, 6.07) is 0. The van der Waals surface area contributed by atoms with Gasteiger partial charge in [-0.25, -0.2) is 0 Å². The summed E-state index contributed by atoms with van der Waals surface area (Å²) in [6.45, 7) is 18.8. The van der Waals surface area contributed by atoms with E-state index in [0.29, 0.717) is 12.8 Å². The second kappa shape index (κ2) is 10.1. The zero-order chi connectivity index (χ0) is 20.8. The van der Waals surface area contributed by atoms with E-state index in [2.05, 4.69) is 54.2 Å². The van der Waals surface area contributed by atoms with Gasteiger partial charge in [0.1, 0.15) is 11.2 Å². The Morgan fingerprint density at radius 2 is 1.31 bits per heavy atom. The molecule has 0 saturated heterocycles. The van der Waals surface area contributed by atoms with E-state index >= 15 is 0 Å². The zero-order valence-electron chi connectivity index (χ0n) is 18.6. The average molecular weight is 387 g/mol. The Bertz CT molecular complexity index is 433. The number of Topliss-reactive ketones (excluding diaryl/α,β-unsaturated/α-hetero) is 1. The van der Waals surface area contributed by atoms with Gasteiger partial charge in [0, 0.05) is 11.8 Å². The quantitative estimate of drug-likeness (QED) is 0.214. The smallest absolute Gasteiger partial charge is 0.310 e. The molecule has 3 nitrogen and oxygen atoms in total. The van der Waals surface area contributed by atoms with E-state index in [9.17, 15) is 9.59 Å². The van der Waals surface area contributed by atoms with E-state index in [0.717, 1.165) is 25.7 Å². The number of hydrogen-bond donors (Lipinski definition) is 1. The van der Waals surface area contributed by atoms with Gasteiger partial charge in [-0.15, -0.1) is 12.6 Å². The van der Waals surface area contributed by atoms with Crippen molar-refractivity contribution in [1.82, 2.24) is 0 Å². The third-order valence-electron chi connectivity index (χ3n) is 4.24. The monoisotopic (exact) mass is 386 g/mol. The third kappa shape index (κ3) is 12.8. The van der Waals surface area contributed by atoms with Gasteiger partial charge in [0.05, 0.1) is 5.92 Å². The van der Waals surface area contributed by atoms with E-state index in [1.807, 2.05) is 20.8 Å². The van der Waals surface area contributed by atoms with Gasteiger partial charge >= 0.3 is 5.97 Å². The number of carbonyl (C=O) groups excluding carboxylic acids is 2. The fourth-order valence-electron chi connectivity index (χ4n) is 2.99. The highest BCUT2D eigenvalue weighted by atomic mass is 32.1. The summed E-state index contributed by atoms with van der Waals surface area (Å²) in [4.78, 5) is 24.6. The summed E-state index contributed by atoms with van der Waals surface area (Å²) < 4.78 is 5.62. The summed E-state index contributed by atoms with van der Waals surface area (Å²) in [7, 11) is 0. The maximum absolute atomic E-state index is 12.7. The van der Waals surface area contributed by atoms with Crippen molar-refractivity contribution in [2.45, 2.75) is 106 Å². The molecule has 0 N–H and O–H groups in total. The van der Waals surface area contributed by atoms with Crippen LogP contribution in [0.5, 0.6) is 0 Å². The van der Waals surface area contributed by atoms with Crippen molar-refractivity contribution in [3.05, 3.63) is 0 Å². The summed E-state index contributed by atoms with van der Waals surface area (Å²) in [5.74, 6) is 0.0355. The van der Waals surface area contributed by atoms with Gasteiger partial charge in [-0.3, -0.25) is 9.59 Å². The van der Waals surface area contributed by atoms with Crippen molar-refractivity contribution in [2.75, 3.05) is 0 Å². The molecule has 0 spiro atoms. The van der Waals surface area contributed by atoms with Gasteiger partial charge in [0.15, 0.2) is 0 Å². The molecule has 0 radical (unpaired) electrons. The van der Waals surface area contributed by atoms with Crippen LogP contribution < -0.4 is 0 Å². The molecule has 0 aliphatic rings. The first-order chi connectivity index (χ1) is 11.5. The Morgan fingerprint density at radius 1 is 0.846 bits per heavy atom. The molecule has 1 atom stereocenters. The molecular weight excluding hydrogens is 344 g/mol. The SMILES string of the molecule is CC(C)(C)CC(CC(C)(C)C)C(=O)OC(S)CCCCC(=O)C(C)(C)C. The van der Waals surface area contributed by atoms with Crippen molar-refractivity contribution < 1.29 is 14.3 Å². The molecule has 0 rings (SSSR count). The largest absolute Gasteiger partial charge is 0.451 e. The van der Waals surface area contributed by atoms with E-state index in [1.165, 1.54) is 0 Å². The minimum Gasteiger partial charge on any atom is -0.451 e. The van der Waals surface area contributed by atoms with Crippen LogP contribution in [0.25, 0.3) is 0 Å². The number of thiol groups is 1. The van der Waals surface area contributed by atoms with E-state index in [1.54, 1.807) is 0 Å². The van der Waals surface area contributed by atoms with Crippen molar-refractivity contribution >= 4 is 24.4 Å². The van der Waals surface area contributed by atoms with Crippen LogP contribution in [-0.4, -0.2) is 17.2 Å². The molecule has 0 saturated carbocycles. The highest BCUT2D eigenvalue weighted by Gasteiger charge is 2.31. The lowest BCUT2D eigenvalue weighted by Gasteiger charge is -2.30. The van der Waals surface area contributed by atoms with Crippen LogP contribution >= 0.6 is 12.6 Å². The van der Waals surface area contributed by atoms with Crippen molar-refractivity contribution in [2.24, 2.45) is 22.2 Å². The molecule has 4 heteroatoms. The molecule has 1 unspecified atom stereocenters. The number of rotatable bonds is 9. The first-order valence-corrected chi connectivity index (χ1v) is 10.4. The van der Waals surface area contributed by atoms with Crippen LogP contribution in [-0.2, 0) is 14.3 Å². The standard InChI is InChI=1S/C22H42O3S/c1-20(2,3)14-16(15-21(4,5)6)19(24)25-18(26)13-11-10-12-17(23)22(7,8)9/h16,18,26H,10-15H2,1-9H3. The predicted molar refractivity (Wildman–Crippen MR) is 113 cm³/mol. The normalized spacial score (nSPS) is 14.4. The maximum Gasteiger partial charge on any atom is 0.310 e. The Balaban J connectivity index is 4.48. The van der Waals surface area contributed by atoms with Crippen molar-refractivity contribution in [3.63, 3.8) is 0 Å². The molecule has 0 heterocycles. The van der Waals surface area contributed by atoms with Gasteiger partial charge in [-0.05, 0) is 42.9 Å². The lowest BCUT2D eigenvalue weighted by molar-refractivity contribution is -0.152. The van der Waals surface area contributed by atoms with Crippen LogP contribution in [0.4, 0.5) is 0 Å². The minimum atomic E-state index is -0.394. The first kappa shape index (κ1) is 25.5. The molecule has 0 aromatic heterocycles. The Hall–Kier alpha value is -0.510. The number of ether oxygens (including phenoxy) is 1. The molecule has 0 aromatic carbocycles. The van der Waals surface area contributed by atoms with E-state index in [-0.39, 0.29) is 33.9 Å². The highest BCUT2D eigenvalue weighted by molar-refractivity contribution is 7.80. The summed E-state index contributed by atoms with van der Waals surface area (Å²) in [6.07, 6.45) is 4.54. The minimum absolute atomic E-state index is 0.0777. The number of hydrogen-bond acceptors (Lipinski definition) is 4. The van der Waals surface area contributed by atoms with Crippen molar-refractivity contribution in [3.8, 4) is 0 Å². The topological polar surface area (TPSA) is 43.4 Å². The van der Waals surface area contributed by atoms with Crippen LogP contribution in [0.2, 0.25) is 0 Å². The molecule has 0 fully saturated rings. The molecular formula is C22H42O3S. The number of carbonyl (C=O) groups is 2. The Morgan fingerprint density at radius 3 is 1.69 bits per heavy atom. The Kier molecular flexibility index (Phi) is 9.95. The average Bonchev–Trinajstić information content (AvgIpc) is 2.38. The molecule has 0 aliphatic heterocycles. The van der Waals surface area contributed by atoms with Crippen LogP contribution in [0, 0.1) is 22.2 Å². The van der Waals surface area contributed by atoms with Gasteiger partial charge in [0.25, 0.3) is 0 Å². The van der Waals surface area contributed by atoms with Gasteiger partial charge in [-0.1, -0.05) is 62.3 Å². The summed E-state index contributed by atoms with van der Waals surface area (Å²) >= 11 is 4.44. The summed E-state index contributed by atoms with van der Waals surface area (Å²) in [5, 5.41) is 0. The fraction of sp³-hybridized carbons (Fsp3) is 0.909. The van der Waals surface area contributed by atoms with Gasteiger partial charge in [-0.2, -0.15) is 0 Å². The Labute approximate surface area is 167 Å². The third-order valence-corrected chi connectivity index (χ3v) is 4.61. The van der Waals surface area contributed by atoms with E-state index in [4.69, 9.17) is 4.74 Å². The van der Waals surface area contributed by atoms with E-state index < -0.39 is 5.44 Å². The molecule has 26 heavy (non-hydrogen) atoms. The molecule has 0 aromatic rings. The highest BCUT2D eigenvalue weighted by Crippen LogP contribution is 2.34. The van der Waals surface area contributed by atoms with Crippen LogP contribution in [0.15, 0.2) is 0 Å². The van der Waals surface area contributed by atoms with Crippen LogP contribution in [0.1, 0.15) is 101 Å². The molecule has 0 bridgehead atoms. The van der Waals surface area contributed by atoms with Crippen LogP contribution in [0.3, 0.4) is 0 Å². The predicted octanol–water partition coefficient (Wildman–Crippen LogP) is 6.45. The molecule has 0 aliphatic carbocycles. The maximum atomic E-state index is 12.7. The van der Waals surface area contributed by atoms with Gasteiger partial charge < -0.3 is 4.74 Å². The summed E-state index contributed by atoms with van der Waals surface area (Å²) in [5.41, 5.74) is -0.516. The van der Waals surface area contributed by atoms with Crippen molar-refractivity contribution in [1.29, 1.82) is 0 Å². The number of ketones is 1. The molecule has 154 valence electrons. The lowest BCUT2D eigenvalue weighted by Crippen LogP contribution is -2.29. The first-order valence-electron chi connectivity index (χ1n) is 9.93. The second-order valence-electron chi connectivity index (χ2n) is 11.0. The second-order valence-corrected chi connectivity index (χ2v) is 11.6. The zero-order valence-corrected chi connectivity index (χ0v) is 19.5. The molecule has 0 amide bonds. The number of esters is 1. The number of unbranched alkanes of at least 4 members (excludes halogenated alkanes) is 1. The fourth-order valence-corrected chi connectivity index (χ4v) is 3.27. The van der Waals surface area contributed by atoms with Gasteiger partial charge in [0.2, 0.25) is 0 Å².